The lowest BCUT2D eigenvalue weighted by Gasteiger charge is -2.22. The van der Waals surface area contributed by atoms with Crippen molar-refractivity contribution >= 4 is 29.2 Å². The topological polar surface area (TPSA) is 114 Å². The molecule has 4 heterocycles. The van der Waals surface area contributed by atoms with Crippen LogP contribution in [-0.4, -0.2) is 56.1 Å². The van der Waals surface area contributed by atoms with Gasteiger partial charge < -0.3 is 24.7 Å². The summed E-state index contributed by atoms with van der Waals surface area (Å²) in [5.74, 6) is 0.321. The molecule has 3 aromatic rings. The largest absolute Gasteiger partial charge is 0.444 e. The number of fused-ring (bicyclic) bond motifs is 1. The van der Waals surface area contributed by atoms with Gasteiger partial charge >= 0.3 is 6.09 Å². The molecule has 1 aliphatic heterocycles. The summed E-state index contributed by atoms with van der Waals surface area (Å²) in [5.41, 5.74) is 3.08. The van der Waals surface area contributed by atoms with Gasteiger partial charge in [-0.1, -0.05) is 0 Å². The monoisotopic (exact) mass is 451 g/mol. The molecule has 1 atom stereocenters. The number of hydrogen-bond donors (Lipinski definition) is 2. The molecule has 0 bridgehead atoms. The van der Waals surface area contributed by atoms with Crippen molar-refractivity contribution in [1.82, 2.24) is 24.7 Å². The minimum Gasteiger partial charge on any atom is -0.444 e. The van der Waals surface area contributed by atoms with E-state index in [4.69, 9.17) is 4.74 Å². The maximum Gasteiger partial charge on any atom is 0.407 e. The van der Waals surface area contributed by atoms with Crippen molar-refractivity contribution in [2.75, 3.05) is 23.3 Å². The van der Waals surface area contributed by atoms with Crippen LogP contribution in [0, 0.1) is 13.8 Å². The second-order valence-electron chi connectivity index (χ2n) is 9.32. The van der Waals surface area contributed by atoms with Gasteiger partial charge in [-0.05, 0) is 52.7 Å². The Morgan fingerprint density at radius 1 is 1.15 bits per heavy atom. The van der Waals surface area contributed by atoms with Crippen LogP contribution in [0.3, 0.4) is 0 Å². The highest BCUT2D eigenvalue weighted by molar-refractivity contribution is 6.02. The second-order valence-corrected chi connectivity index (χ2v) is 9.32. The van der Waals surface area contributed by atoms with Crippen molar-refractivity contribution < 1.29 is 14.3 Å². The Balaban J connectivity index is 1.36. The number of imidazole rings is 1. The molecule has 33 heavy (non-hydrogen) atoms. The number of carbonyl (C=O) groups excluding carboxylic acids is 2. The van der Waals surface area contributed by atoms with E-state index in [2.05, 4.69) is 25.6 Å². The number of ether oxygens (including phenoxy) is 1. The molecule has 3 aromatic heterocycles. The molecule has 0 aromatic carbocycles. The minimum atomic E-state index is -0.535. The molecule has 4 rings (SSSR count). The van der Waals surface area contributed by atoms with Crippen molar-refractivity contribution in [2.24, 2.45) is 0 Å². The van der Waals surface area contributed by atoms with Gasteiger partial charge in [0.2, 0.25) is 0 Å². The van der Waals surface area contributed by atoms with Gasteiger partial charge in [-0.15, -0.1) is 0 Å². The summed E-state index contributed by atoms with van der Waals surface area (Å²) < 4.78 is 7.21. The van der Waals surface area contributed by atoms with Crippen molar-refractivity contribution in [1.29, 1.82) is 0 Å². The molecule has 1 saturated heterocycles. The number of aryl methyl sites for hydroxylation is 2. The van der Waals surface area contributed by atoms with Gasteiger partial charge in [0.05, 0.1) is 29.8 Å². The summed E-state index contributed by atoms with van der Waals surface area (Å²) in [6, 6.07) is 1.85. The third-order valence-corrected chi connectivity index (χ3v) is 5.22. The van der Waals surface area contributed by atoms with Crippen LogP contribution in [0.1, 0.15) is 48.9 Å². The molecule has 0 spiro atoms. The Kier molecular flexibility index (Phi) is 5.92. The molecule has 0 aliphatic carbocycles. The molecular formula is C23H29N7O3. The number of nitrogens with one attached hydrogen (secondary N) is 2. The Hall–Kier alpha value is -3.69. The number of rotatable bonds is 4. The van der Waals surface area contributed by atoms with Gasteiger partial charge in [0, 0.05) is 25.5 Å². The van der Waals surface area contributed by atoms with Crippen LogP contribution in [-0.2, 0) is 4.74 Å². The molecule has 174 valence electrons. The highest BCUT2D eigenvalue weighted by atomic mass is 16.6. The molecule has 0 saturated carbocycles. The zero-order valence-electron chi connectivity index (χ0n) is 19.5. The molecule has 2 N–H and O–H groups in total. The molecule has 1 unspecified atom stereocenters. The first-order chi connectivity index (χ1) is 15.6. The van der Waals surface area contributed by atoms with Gasteiger partial charge in [0.25, 0.3) is 5.91 Å². The van der Waals surface area contributed by atoms with E-state index in [1.807, 2.05) is 62.4 Å². The zero-order chi connectivity index (χ0) is 23.8. The SMILES string of the molecule is Cc1cn2cc(NC(=O)c3cnc(N4CCC(NC(=O)OC(C)(C)C)C4)cn3)cc(C)c2n1. The number of amides is 2. The van der Waals surface area contributed by atoms with E-state index >= 15 is 0 Å². The van der Waals surface area contributed by atoms with E-state index in [1.54, 1.807) is 6.20 Å². The standard InChI is InChI=1S/C23H29N7O3/c1-14-8-17(13-30-11-15(2)26-20(14)30)27-21(31)18-9-25-19(10-24-18)29-7-6-16(12-29)28-22(32)33-23(3,4)5/h8-11,13,16H,6-7,12H2,1-5H3,(H,27,31)(H,28,32). The lowest BCUT2D eigenvalue weighted by atomic mass is 10.2. The van der Waals surface area contributed by atoms with Gasteiger partial charge in [-0.25, -0.2) is 19.7 Å². The van der Waals surface area contributed by atoms with Crippen molar-refractivity contribution in [3.8, 4) is 0 Å². The summed E-state index contributed by atoms with van der Waals surface area (Å²) in [6.07, 6.45) is 7.13. The zero-order valence-corrected chi connectivity index (χ0v) is 19.5. The van der Waals surface area contributed by atoms with Gasteiger partial charge in [0.15, 0.2) is 0 Å². The van der Waals surface area contributed by atoms with E-state index < -0.39 is 11.7 Å². The third kappa shape index (κ3) is 5.39. The summed E-state index contributed by atoms with van der Waals surface area (Å²) in [5, 5.41) is 5.76. The van der Waals surface area contributed by atoms with E-state index in [0.29, 0.717) is 18.1 Å². The maximum absolute atomic E-state index is 12.7. The summed E-state index contributed by atoms with van der Waals surface area (Å²) in [6.45, 7) is 10.7. The number of pyridine rings is 1. The van der Waals surface area contributed by atoms with Crippen LogP contribution in [0.15, 0.2) is 30.9 Å². The van der Waals surface area contributed by atoms with Gasteiger partial charge in [-0.3, -0.25) is 4.79 Å². The normalized spacial score (nSPS) is 16.2. The minimum absolute atomic E-state index is 0.0328. The number of anilines is 2. The van der Waals surface area contributed by atoms with Crippen molar-refractivity contribution in [3.05, 3.63) is 47.8 Å². The molecule has 10 heteroatoms. The Labute approximate surface area is 192 Å². The first kappa shape index (κ1) is 22.5. The van der Waals surface area contributed by atoms with Crippen molar-refractivity contribution in [3.63, 3.8) is 0 Å². The molecule has 1 aliphatic rings. The highest BCUT2D eigenvalue weighted by Crippen LogP contribution is 2.19. The van der Waals surface area contributed by atoms with Crippen LogP contribution in [0.4, 0.5) is 16.3 Å². The average Bonchev–Trinajstić information content (AvgIpc) is 3.33. The number of carbonyl (C=O) groups is 2. The van der Waals surface area contributed by atoms with Crippen LogP contribution in [0.2, 0.25) is 0 Å². The van der Waals surface area contributed by atoms with Crippen molar-refractivity contribution in [2.45, 2.75) is 52.7 Å². The molecule has 10 nitrogen and oxygen atoms in total. The summed E-state index contributed by atoms with van der Waals surface area (Å²) in [7, 11) is 0. The predicted molar refractivity (Wildman–Crippen MR) is 125 cm³/mol. The second kappa shape index (κ2) is 8.68. The number of alkyl carbamates (subject to hydrolysis) is 1. The van der Waals surface area contributed by atoms with Gasteiger partial charge in [-0.2, -0.15) is 0 Å². The lowest BCUT2D eigenvalue weighted by Crippen LogP contribution is -2.40. The van der Waals surface area contributed by atoms with E-state index in [-0.39, 0.29) is 17.6 Å². The third-order valence-electron chi connectivity index (χ3n) is 5.22. The highest BCUT2D eigenvalue weighted by Gasteiger charge is 2.27. The molecular weight excluding hydrogens is 422 g/mol. The summed E-state index contributed by atoms with van der Waals surface area (Å²) >= 11 is 0. The van der Waals surface area contributed by atoms with E-state index in [9.17, 15) is 9.59 Å². The summed E-state index contributed by atoms with van der Waals surface area (Å²) in [4.78, 5) is 39.9. The fourth-order valence-electron chi connectivity index (χ4n) is 3.82. The van der Waals surface area contributed by atoms with E-state index in [1.165, 1.54) is 6.20 Å². The molecule has 2 amide bonds. The van der Waals surface area contributed by atoms with Crippen LogP contribution in [0.5, 0.6) is 0 Å². The Morgan fingerprint density at radius 2 is 1.94 bits per heavy atom. The molecule has 0 radical (unpaired) electrons. The van der Waals surface area contributed by atoms with Crippen LogP contribution in [0.25, 0.3) is 5.65 Å². The lowest BCUT2D eigenvalue weighted by molar-refractivity contribution is 0.0509. The quantitative estimate of drug-likeness (QED) is 0.626. The average molecular weight is 452 g/mol. The van der Waals surface area contributed by atoms with Crippen LogP contribution < -0.4 is 15.5 Å². The van der Waals surface area contributed by atoms with Crippen LogP contribution >= 0.6 is 0 Å². The Morgan fingerprint density at radius 3 is 2.64 bits per heavy atom. The number of aromatic nitrogens is 4. The maximum atomic E-state index is 12.7. The first-order valence-corrected chi connectivity index (χ1v) is 10.9. The fraction of sp³-hybridized carbons (Fsp3) is 0.435. The number of hydrogen-bond acceptors (Lipinski definition) is 7. The fourth-order valence-corrected chi connectivity index (χ4v) is 3.82. The molecule has 1 fully saturated rings. The Bertz CT molecular complexity index is 1180. The predicted octanol–water partition coefficient (Wildman–Crippen LogP) is 3.10. The number of nitrogens with zero attached hydrogens (tertiary/aromatic N) is 5. The first-order valence-electron chi connectivity index (χ1n) is 10.9. The smallest absolute Gasteiger partial charge is 0.407 e. The van der Waals surface area contributed by atoms with E-state index in [0.717, 1.165) is 29.9 Å². The van der Waals surface area contributed by atoms with Gasteiger partial charge in [0.1, 0.15) is 22.8 Å².